The van der Waals surface area contributed by atoms with Crippen LogP contribution in [0.25, 0.3) is 0 Å². The molecule has 5 heteroatoms. The molecule has 80 valence electrons. The Morgan fingerprint density at radius 3 is 2.00 bits per heavy atom. The first-order valence-corrected chi connectivity index (χ1v) is 4.50. The number of rotatable bonds is 8. The van der Waals surface area contributed by atoms with Crippen LogP contribution in [0.5, 0.6) is 0 Å². The molecule has 0 spiro atoms. The van der Waals surface area contributed by atoms with Gasteiger partial charge in [0, 0.05) is 6.42 Å². The number of likely N-dealkylation sites (N-methyl/N-ethyl adjacent to an activating group) is 1. The predicted octanol–water partition coefficient (Wildman–Crippen LogP) is -0.703. The van der Waals surface area contributed by atoms with Crippen LogP contribution in [0, 0.1) is 0 Å². The van der Waals surface area contributed by atoms with Crippen LogP contribution >= 0.6 is 0 Å². The summed E-state index contributed by atoms with van der Waals surface area (Å²) in [4.78, 5) is 3.96. The Morgan fingerprint density at radius 2 is 1.62 bits per heavy atom. The first-order chi connectivity index (χ1) is 6.18. The van der Waals surface area contributed by atoms with Crippen LogP contribution < -0.4 is 0 Å². The number of quaternary nitrogens is 1. The van der Waals surface area contributed by atoms with Gasteiger partial charge in [-0.15, -0.1) is 0 Å². The molecule has 3 N–H and O–H groups in total. The molecule has 0 atom stereocenters. The summed E-state index contributed by atoms with van der Waals surface area (Å²) in [5.41, 5.74) is 0. The van der Waals surface area contributed by atoms with Gasteiger partial charge in [-0.05, 0) is 0 Å². The van der Waals surface area contributed by atoms with Crippen molar-refractivity contribution in [2.24, 2.45) is 0 Å². The van der Waals surface area contributed by atoms with Crippen molar-refractivity contribution in [2.75, 3.05) is 46.5 Å². The summed E-state index contributed by atoms with van der Waals surface area (Å²) < 4.78 is 0.608. The minimum absolute atomic E-state index is 0.108. The van der Waals surface area contributed by atoms with Gasteiger partial charge in [0.1, 0.15) is 13.1 Å². The highest BCUT2D eigenvalue weighted by atomic mass is 17.1. The molecule has 0 aromatic rings. The van der Waals surface area contributed by atoms with E-state index in [0.29, 0.717) is 30.6 Å². The zero-order chi connectivity index (χ0) is 10.2. The van der Waals surface area contributed by atoms with Gasteiger partial charge in [0.25, 0.3) is 0 Å². The minimum Gasteiger partial charge on any atom is -0.391 e. The van der Waals surface area contributed by atoms with Crippen molar-refractivity contribution in [3.8, 4) is 0 Å². The van der Waals surface area contributed by atoms with Crippen LogP contribution in [0.1, 0.15) is 6.42 Å². The number of nitrogens with zero attached hydrogens (tertiary/aromatic N) is 1. The predicted molar refractivity (Wildman–Crippen MR) is 48.2 cm³/mol. The van der Waals surface area contributed by atoms with Gasteiger partial charge < -0.3 is 14.7 Å². The van der Waals surface area contributed by atoms with Gasteiger partial charge in [0.2, 0.25) is 0 Å². The van der Waals surface area contributed by atoms with E-state index in [4.69, 9.17) is 15.5 Å². The van der Waals surface area contributed by atoms with E-state index in [2.05, 4.69) is 4.89 Å². The topological polar surface area (TPSA) is 69.9 Å². The SMILES string of the molecule is C[N+](CCO)(CCO)CCCOO. The molecule has 13 heavy (non-hydrogen) atoms. The van der Waals surface area contributed by atoms with E-state index in [1.807, 2.05) is 7.05 Å². The van der Waals surface area contributed by atoms with Gasteiger partial charge in [-0.2, -0.15) is 0 Å². The quantitative estimate of drug-likeness (QED) is 0.207. The fourth-order valence-electron chi connectivity index (χ4n) is 1.33. The molecule has 0 bridgehead atoms. The zero-order valence-electron chi connectivity index (χ0n) is 8.15. The molecule has 0 aromatic heterocycles. The molecule has 5 nitrogen and oxygen atoms in total. The highest BCUT2D eigenvalue weighted by Gasteiger charge is 2.19. The van der Waals surface area contributed by atoms with Crippen LogP contribution in [0.3, 0.4) is 0 Å². The Morgan fingerprint density at radius 1 is 1.08 bits per heavy atom. The number of aliphatic hydroxyl groups excluding tert-OH is 2. The van der Waals surface area contributed by atoms with Crippen molar-refractivity contribution >= 4 is 0 Å². The molecule has 0 saturated carbocycles. The van der Waals surface area contributed by atoms with Crippen LogP contribution in [0.2, 0.25) is 0 Å². The fraction of sp³-hybridized carbons (Fsp3) is 1.00. The highest BCUT2D eigenvalue weighted by molar-refractivity contribution is 4.40. The number of aliphatic hydroxyl groups is 2. The summed E-state index contributed by atoms with van der Waals surface area (Å²) in [5, 5.41) is 25.7. The lowest BCUT2D eigenvalue weighted by Crippen LogP contribution is -2.48. The molecule has 0 rings (SSSR count). The average molecular weight is 194 g/mol. The van der Waals surface area contributed by atoms with Crippen LogP contribution in [-0.4, -0.2) is 66.5 Å². The maximum Gasteiger partial charge on any atom is 0.102 e. The van der Waals surface area contributed by atoms with Crippen LogP contribution in [-0.2, 0) is 4.89 Å². The van der Waals surface area contributed by atoms with E-state index < -0.39 is 0 Å². The Balaban J connectivity index is 3.76. The summed E-state index contributed by atoms with van der Waals surface area (Å²) in [5.74, 6) is 0. The van der Waals surface area contributed by atoms with E-state index in [9.17, 15) is 0 Å². The third kappa shape index (κ3) is 5.95. The third-order valence-corrected chi connectivity index (χ3v) is 2.21. The molecule has 0 aliphatic heterocycles. The number of hydrogen-bond acceptors (Lipinski definition) is 4. The largest absolute Gasteiger partial charge is 0.391 e. The Bertz CT molecular complexity index is 115. The smallest absolute Gasteiger partial charge is 0.102 e. The highest BCUT2D eigenvalue weighted by Crippen LogP contribution is 2.02. The maximum atomic E-state index is 8.81. The molecule has 0 aromatic carbocycles. The Kier molecular flexibility index (Phi) is 7.12. The molecular formula is C8H20NO4+. The third-order valence-electron chi connectivity index (χ3n) is 2.21. The fourth-order valence-corrected chi connectivity index (χ4v) is 1.33. The van der Waals surface area contributed by atoms with Crippen molar-refractivity contribution < 1.29 is 24.8 Å². The maximum absolute atomic E-state index is 8.81. The summed E-state index contributed by atoms with van der Waals surface area (Å²) in [7, 11) is 1.96. The molecule has 0 unspecified atom stereocenters. The van der Waals surface area contributed by atoms with Crippen molar-refractivity contribution in [3.63, 3.8) is 0 Å². The molecule has 0 saturated heterocycles. The second-order valence-corrected chi connectivity index (χ2v) is 3.42. The van der Waals surface area contributed by atoms with E-state index in [1.165, 1.54) is 0 Å². The summed E-state index contributed by atoms with van der Waals surface area (Å²) >= 11 is 0. The summed E-state index contributed by atoms with van der Waals surface area (Å²) in [6.45, 7) is 2.53. The van der Waals surface area contributed by atoms with Gasteiger partial charge in [-0.1, -0.05) is 0 Å². The lowest BCUT2D eigenvalue weighted by Gasteiger charge is -2.33. The second kappa shape index (κ2) is 7.23. The molecular weight excluding hydrogens is 174 g/mol. The monoisotopic (exact) mass is 194 g/mol. The molecule has 0 amide bonds. The zero-order valence-corrected chi connectivity index (χ0v) is 8.15. The van der Waals surface area contributed by atoms with Gasteiger partial charge in [-0.3, -0.25) is 5.26 Å². The van der Waals surface area contributed by atoms with E-state index >= 15 is 0 Å². The summed E-state index contributed by atoms with van der Waals surface area (Å²) in [6, 6.07) is 0. The van der Waals surface area contributed by atoms with E-state index in [0.717, 1.165) is 6.54 Å². The van der Waals surface area contributed by atoms with Crippen LogP contribution in [0.4, 0.5) is 0 Å². The van der Waals surface area contributed by atoms with Gasteiger partial charge >= 0.3 is 0 Å². The van der Waals surface area contributed by atoms with E-state index in [-0.39, 0.29) is 13.2 Å². The normalized spacial score (nSPS) is 12.0. The standard InChI is InChI=1S/C8H19NO4/c1-9(4-6-10,5-7-11)3-2-8-13-12/h10-11H,2-8H2,1H3/p+1. The molecule has 0 radical (unpaired) electrons. The lowest BCUT2D eigenvalue weighted by molar-refractivity contribution is -0.910. The Labute approximate surface area is 78.7 Å². The summed E-state index contributed by atoms with van der Waals surface area (Å²) in [6.07, 6.45) is 0.715. The van der Waals surface area contributed by atoms with Crippen molar-refractivity contribution in [2.45, 2.75) is 6.42 Å². The van der Waals surface area contributed by atoms with Crippen molar-refractivity contribution in [3.05, 3.63) is 0 Å². The first kappa shape index (κ1) is 12.8. The average Bonchev–Trinajstić information content (AvgIpc) is 2.05. The molecule has 0 fully saturated rings. The van der Waals surface area contributed by atoms with Gasteiger partial charge in [0.05, 0.1) is 33.4 Å². The number of hydrogen-bond donors (Lipinski definition) is 3. The van der Waals surface area contributed by atoms with Gasteiger partial charge in [0.15, 0.2) is 0 Å². The van der Waals surface area contributed by atoms with Crippen molar-refractivity contribution in [1.82, 2.24) is 0 Å². The molecule has 0 aliphatic carbocycles. The molecule has 0 aliphatic rings. The molecule has 0 heterocycles. The van der Waals surface area contributed by atoms with Crippen molar-refractivity contribution in [1.29, 1.82) is 0 Å². The lowest BCUT2D eigenvalue weighted by atomic mass is 10.3. The second-order valence-electron chi connectivity index (χ2n) is 3.42. The van der Waals surface area contributed by atoms with Gasteiger partial charge in [-0.25, -0.2) is 4.89 Å². The Hall–Kier alpha value is -0.200. The minimum atomic E-state index is 0.108. The van der Waals surface area contributed by atoms with Crippen LogP contribution in [0.15, 0.2) is 0 Å². The van der Waals surface area contributed by atoms with E-state index in [1.54, 1.807) is 0 Å². The first-order valence-electron chi connectivity index (χ1n) is 4.50.